The fourth-order valence-electron chi connectivity index (χ4n) is 3.23. The second kappa shape index (κ2) is 6.69. The number of Topliss-reactive ketones (excluding diaryl/α,β-unsaturated/α-hetero) is 1. The Kier molecular flexibility index (Phi) is 4.64. The number of benzene rings is 2. The number of rotatable bonds is 4. The van der Waals surface area contributed by atoms with Crippen LogP contribution < -0.4 is 4.74 Å². The van der Waals surface area contributed by atoms with E-state index in [9.17, 15) is 4.79 Å². The van der Waals surface area contributed by atoms with Crippen molar-refractivity contribution in [2.45, 2.75) is 26.1 Å². The molecule has 1 heterocycles. The van der Waals surface area contributed by atoms with Crippen LogP contribution in [-0.2, 0) is 4.74 Å². The lowest BCUT2D eigenvalue weighted by atomic mass is 10.0. The Morgan fingerprint density at radius 1 is 1.13 bits per heavy atom. The predicted octanol–water partition coefficient (Wildman–Crippen LogP) is 3.14. The molecule has 23 heavy (non-hydrogen) atoms. The Hall–Kier alpha value is -1.91. The number of ether oxygens (including phenoxy) is 2. The molecule has 1 saturated heterocycles. The number of nitrogens with zero attached hydrogens (tertiary/aromatic N) is 1. The molecular weight excluding hydrogens is 290 g/mol. The van der Waals surface area contributed by atoms with Gasteiger partial charge in [0.05, 0.1) is 25.9 Å². The summed E-state index contributed by atoms with van der Waals surface area (Å²) in [6.45, 7) is 6.16. The van der Waals surface area contributed by atoms with Crippen molar-refractivity contribution in [3.05, 3.63) is 42.0 Å². The van der Waals surface area contributed by atoms with Gasteiger partial charge in [-0.1, -0.05) is 18.2 Å². The molecule has 3 rings (SSSR count). The molecule has 0 spiro atoms. The van der Waals surface area contributed by atoms with Gasteiger partial charge in [-0.2, -0.15) is 0 Å². The average Bonchev–Trinajstić information content (AvgIpc) is 2.52. The second-order valence-corrected chi connectivity index (χ2v) is 6.30. The van der Waals surface area contributed by atoms with E-state index in [1.165, 1.54) is 0 Å². The molecule has 4 nitrogen and oxygen atoms in total. The Morgan fingerprint density at radius 3 is 2.48 bits per heavy atom. The minimum Gasteiger partial charge on any atom is -0.497 e. The molecule has 4 heteroatoms. The predicted molar refractivity (Wildman–Crippen MR) is 91.3 cm³/mol. The van der Waals surface area contributed by atoms with Crippen LogP contribution in [0.5, 0.6) is 5.75 Å². The number of hydrogen-bond acceptors (Lipinski definition) is 4. The number of carbonyl (C=O) groups excluding carboxylic acids is 1. The van der Waals surface area contributed by atoms with Crippen molar-refractivity contribution in [3.63, 3.8) is 0 Å². The maximum atomic E-state index is 12.6. The second-order valence-electron chi connectivity index (χ2n) is 6.30. The molecule has 0 saturated carbocycles. The third-order valence-electron chi connectivity index (χ3n) is 4.23. The first-order valence-corrected chi connectivity index (χ1v) is 8.04. The van der Waals surface area contributed by atoms with E-state index in [4.69, 9.17) is 9.47 Å². The molecule has 2 unspecified atom stereocenters. The Bertz CT molecular complexity index is 703. The largest absolute Gasteiger partial charge is 0.497 e. The number of methoxy groups -OCH3 is 1. The number of hydrogen-bond donors (Lipinski definition) is 0. The summed E-state index contributed by atoms with van der Waals surface area (Å²) >= 11 is 0. The molecule has 1 fully saturated rings. The highest BCUT2D eigenvalue weighted by molar-refractivity contribution is 6.01. The van der Waals surface area contributed by atoms with Crippen molar-refractivity contribution in [1.82, 2.24) is 4.90 Å². The smallest absolute Gasteiger partial charge is 0.176 e. The highest BCUT2D eigenvalue weighted by Gasteiger charge is 2.24. The zero-order valence-electron chi connectivity index (χ0n) is 13.9. The minimum absolute atomic E-state index is 0.156. The first-order valence-electron chi connectivity index (χ1n) is 8.04. The summed E-state index contributed by atoms with van der Waals surface area (Å²) in [5.74, 6) is 0.983. The van der Waals surface area contributed by atoms with Gasteiger partial charge in [-0.3, -0.25) is 9.69 Å². The topological polar surface area (TPSA) is 38.8 Å². The molecule has 0 N–H and O–H groups in total. The molecule has 0 bridgehead atoms. The maximum absolute atomic E-state index is 12.6. The SMILES string of the molecule is COc1ccc2cc(C(=O)CN3CC(C)OC(C)C3)ccc2c1. The summed E-state index contributed by atoms with van der Waals surface area (Å²) in [5, 5.41) is 2.13. The van der Waals surface area contributed by atoms with Gasteiger partial charge < -0.3 is 9.47 Å². The molecular formula is C19H23NO3. The van der Waals surface area contributed by atoms with E-state index < -0.39 is 0 Å². The minimum atomic E-state index is 0.156. The van der Waals surface area contributed by atoms with Crippen LogP contribution >= 0.6 is 0 Å². The van der Waals surface area contributed by atoms with Crippen molar-refractivity contribution in [3.8, 4) is 5.75 Å². The van der Waals surface area contributed by atoms with E-state index in [0.29, 0.717) is 6.54 Å². The highest BCUT2D eigenvalue weighted by atomic mass is 16.5. The van der Waals surface area contributed by atoms with E-state index in [0.717, 1.165) is 35.2 Å². The zero-order chi connectivity index (χ0) is 16.4. The van der Waals surface area contributed by atoms with Crippen LogP contribution in [0.2, 0.25) is 0 Å². The van der Waals surface area contributed by atoms with Gasteiger partial charge in [0.2, 0.25) is 0 Å². The first kappa shape index (κ1) is 16.0. The molecule has 2 aromatic carbocycles. The van der Waals surface area contributed by atoms with Crippen molar-refractivity contribution < 1.29 is 14.3 Å². The summed E-state index contributed by atoms with van der Waals surface area (Å²) in [7, 11) is 1.66. The normalized spacial score (nSPS) is 22.2. The first-order chi connectivity index (χ1) is 11.0. The summed E-state index contributed by atoms with van der Waals surface area (Å²) in [4.78, 5) is 14.8. The van der Waals surface area contributed by atoms with Crippen LogP contribution in [0, 0.1) is 0 Å². The third kappa shape index (κ3) is 3.71. The van der Waals surface area contributed by atoms with Crippen LogP contribution in [0.3, 0.4) is 0 Å². The van der Waals surface area contributed by atoms with E-state index in [-0.39, 0.29) is 18.0 Å². The average molecular weight is 313 g/mol. The van der Waals surface area contributed by atoms with Crippen molar-refractivity contribution >= 4 is 16.6 Å². The number of ketones is 1. The zero-order valence-corrected chi connectivity index (χ0v) is 13.9. The lowest BCUT2D eigenvalue weighted by Gasteiger charge is -2.34. The number of carbonyl (C=O) groups is 1. The van der Waals surface area contributed by atoms with Gasteiger partial charge in [-0.25, -0.2) is 0 Å². The molecule has 2 atom stereocenters. The van der Waals surface area contributed by atoms with Gasteiger partial charge >= 0.3 is 0 Å². The van der Waals surface area contributed by atoms with E-state index >= 15 is 0 Å². The fraction of sp³-hybridized carbons (Fsp3) is 0.421. The van der Waals surface area contributed by atoms with E-state index in [1.807, 2.05) is 36.4 Å². The van der Waals surface area contributed by atoms with Crippen molar-refractivity contribution in [1.29, 1.82) is 0 Å². The van der Waals surface area contributed by atoms with Crippen LogP contribution in [0.4, 0.5) is 0 Å². The molecule has 0 aliphatic carbocycles. The van der Waals surface area contributed by atoms with Gasteiger partial charge in [0.15, 0.2) is 5.78 Å². The van der Waals surface area contributed by atoms with Gasteiger partial charge in [0, 0.05) is 18.7 Å². The van der Waals surface area contributed by atoms with Crippen LogP contribution in [0.25, 0.3) is 10.8 Å². The van der Waals surface area contributed by atoms with Gasteiger partial charge in [0.25, 0.3) is 0 Å². The number of fused-ring (bicyclic) bond motifs is 1. The van der Waals surface area contributed by atoms with Crippen molar-refractivity contribution in [2.75, 3.05) is 26.7 Å². The van der Waals surface area contributed by atoms with Crippen LogP contribution in [0.1, 0.15) is 24.2 Å². The van der Waals surface area contributed by atoms with E-state index in [1.54, 1.807) is 7.11 Å². The van der Waals surface area contributed by atoms with Gasteiger partial charge in [-0.15, -0.1) is 0 Å². The van der Waals surface area contributed by atoms with Gasteiger partial charge in [-0.05, 0) is 42.8 Å². The standard InChI is InChI=1S/C19H23NO3/c1-13-10-20(11-14(2)23-13)12-19(21)17-5-4-16-9-18(22-3)7-6-15(16)8-17/h4-9,13-14H,10-12H2,1-3H3. The molecule has 0 radical (unpaired) electrons. The quantitative estimate of drug-likeness (QED) is 0.813. The monoisotopic (exact) mass is 313 g/mol. The van der Waals surface area contributed by atoms with Crippen LogP contribution in [0.15, 0.2) is 36.4 Å². The molecule has 2 aromatic rings. The van der Waals surface area contributed by atoms with Gasteiger partial charge in [0.1, 0.15) is 5.75 Å². The third-order valence-corrected chi connectivity index (χ3v) is 4.23. The summed E-state index contributed by atoms with van der Waals surface area (Å²) in [6.07, 6.45) is 0.353. The summed E-state index contributed by atoms with van der Waals surface area (Å²) < 4.78 is 11.0. The Morgan fingerprint density at radius 2 is 1.78 bits per heavy atom. The molecule has 0 amide bonds. The Labute approximate surface area is 137 Å². The number of morpholine rings is 1. The molecule has 0 aromatic heterocycles. The molecule has 1 aliphatic rings. The lowest BCUT2D eigenvalue weighted by molar-refractivity contribution is -0.0652. The molecule has 122 valence electrons. The lowest BCUT2D eigenvalue weighted by Crippen LogP contribution is -2.47. The Balaban J connectivity index is 1.75. The van der Waals surface area contributed by atoms with Crippen molar-refractivity contribution in [2.24, 2.45) is 0 Å². The molecule has 1 aliphatic heterocycles. The summed E-state index contributed by atoms with van der Waals surface area (Å²) in [6, 6.07) is 11.7. The maximum Gasteiger partial charge on any atom is 0.176 e. The fourth-order valence-corrected chi connectivity index (χ4v) is 3.23. The van der Waals surface area contributed by atoms with E-state index in [2.05, 4.69) is 18.7 Å². The van der Waals surface area contributed by atoms with Crippen LogP contribution in [-0.4, -0.2) is 49.6 Å². The summed E-state index contributed by atoms with van der Waals surface area (Å²) in [5.41, 5.74) is 0.759. The highest BCUT2D eigenvalue weighted by Crippen LogP contribution is 2.22.